The zero-order chi connectivity index (χ0) is 20.3. The molecule has 4 rings (SSSR count). The average molecular weight is 427 g/mol. The Balaban J connectivity index is 1.30. The Kier molecular flexibility index (Phi) is 5.86. The van der Waals surface area contributed by atoms with Crippen molar-refractivity contribution in [3.63, 3.8) is 0 Å². The predicted molar refractivity (Wildman–Crippen MR) is 118 cm³/mol. The maximum absolute atomic E-state index is 12.7. The molecule has 0 aliphatic rings. The van der Waals surface area contributed by atoms with Crippen LogP contribution in [-0.4, -0.2) is 37.5 Å². The van der Waals surface area contributed by atoms with E-state index >= 15 is 0 Å². The van der Waals surface area contributed by atoms with Crippen LogP contribution in [0.5, 0.6) is 0 Å². The Hall–Kier alpha value is -2.39. The number of aromatic nitrogens is 2. The molecule has 0 radical (unpaired) electrons. The summed E-state index contributed by atoms with van der Waals surface area (Å²) < 4.78 is 29.3. The van der Waals surface area contributed by atoms with Crippen LogP contribution in [0.1, 0.15) is 11.9 Å². The van der Waals surface area contributed by atoms with Gasteiger partial charge in [-0.05, 0) is 42.6 Å². The van der Waals surface area contributed by atoms with Gasteiger partial charge in [0, 0.05) is 43.3 Å². The second-order valence-corrected chi connectivity index (χ2v) is 9.77. The van der Waals surface area contributed by atoms with Gasteiger partial charge in [-0.1, -0.05) is 18.2 Å². The molecule has 4 aromatic rings. The number of benzene rings is 2. The smallest absolute Gasteiger partial charge is 0.240 e. The molecule has 1 atom stereocenters. The van der Waals surface area contributed by atoms with E-state index in [0.29, 0.717) is 6.54 Å². The first-order valence-electron chi connectivity index (χ1n) is 9.42. The van der Waals surface area contributed by atoms with Gasteiger partial charge in [0.05, 0.1) is 20.1 Å². The van der Waals surface area contributed by atoms with Crippen molar-refractivity contribution in [1.29, 1.82) is 0 Å². The standard InChI is InChI=1S/C21H22N4O2S2/c1-15(13-22-11-9-21-24-19-4-2-3-5-20(19)28-21)25-29(26,27)18-7-6-17-14-23-10-8-16(17)12-18/h2-8,10,12,14-15,22,25H,9,11,13H2,1H3. The maximum Gasteiger partial charge on any atom is 0.240 e. The van der Waals surface area contributed by atoms with E-state index in [4.69, 9.17) is 0 Å². The van der Waals surface area contributed by atoms with Crippen molar-refractivity contribution in [3.8, 4) is 0 Å². The number of rotatable bonds is 8. The maximum atomic E-state index is 12.7. The number of fused-ring (bicyclic) bond motifs is 2. The molecule has 2 aromatic carbocycles. The SMILES string of the molecule is CC(CNCCc1nc2ccccc2s1)NS(=O)(=O)c1ccc2cnccc2c1. The molecule has 0 bridgehead atoms. The van der Waals surface area contributed by atoms with Gasteiger partial charge in [-0.2, -0.15) is 0 Å². The van der Waals surface area contributed by atoms with Crippen LogP contribution in [0.2, 0.25) is 0 Å². The molecule has 0 aliphatic heterocycles. The van der Waals surface area contributed by atoms with Crippen molar-refractivity contribution in [2.24, 2.45) is 0 Å². The highest BCUT2D eigenvalue weighted by Crippen LogP contribution is 2.21. The van der Waals surface area contributed by atoms with Crippen LogP contribution >= 0.6 is 11.3 Å². The van der Waals surface area contributed by atoms with Crippen LogP contribution in [0.15, 0.2) is 65.8 Å². The fourth-order valence-corrected chi connectivity index (χ4v) is 5.39. The number of thiazole rings is 1. The van der Waals surface area contributed by atoms with E-state index in [9.17, 15) is 8.42 Å². The van der Waals surface area contributed by atoms with Crippen molar-refractivity contribution in [2.45, 2.75) is 24.3 Å². The second-order valence-electron chi connectivity index (χ2n) is 6.94. The zero-order valence-corrected chi connectivity index (χ0v) is 17.6. The lowest BCUT2D eigenvalue weighted by molar-refractivity contribution is 0.537. The molecule has 8 heteroatoms. The molecule has 0 aliphatic carbocycles. The topological polar surface area (TPSA) is 84.0 Å². The lowest BCUT2D eigenvalue weighted by atomic mass is 10.2. The van der Waals surface area contributed by atoms with Crippen LogP contribution in [0.25, 0.3) is 21.0 Å². The van der Waals surface area contributed by atoms with Crippen molar-refractivity contribution in [1.82, 2.24) is 20.0 Å². The van der Waals surface area contributed by atoms with E-state index in [1.54, 1.807) is 48.0 Å². The summed E-state index contributed by atoms with van der Waals surface area (Å²) in [5.74, 6) is 0. The molecule has 0 saturated heterocycles. The summed E-state index contributed by atoms with van der Waals surface area (Å²) in [5.41, 5.74) is 1.03. The van der Waals surface area contributed by atoms with E-state index in [-0.39, 0.29) is 10.9 Å². The van der Waals surface area contributed by atoms with Crippen molar-refractivity contribution >= 4 is 42.3 Å². The molecular weight excluding hydrogens is 404 g/mol. The third-order valence-electron chi connectivity index (χ3n) is 4.58. The lowest BCUT2D eigenvalue weighted by Gasteiger charge is -2.15. The molecule has 0 spiro atoms. The van der Waals surface area contributed by atoms with Crippen LogP contribution in [0.3, 0.4) is 0 Å². The molecule has 2 heterocycles. The number of pyridine rings is 1. The summed E-state index contributed by atoms with van der Waals surface area (Å²) in [5, 5.41) is 6.16. The largest absolute Gasteiger partial charge is 0.315 e. The van der Waals surface area contributed by atoms with Gasteiger partial charge < -0.3 is 5.32 Å². The van der Waals surface area contributed by atoms with E-state index in [1.165, 1.54) is 4.70 Å². The monoisotopic (exact) mass is 426 g/mol. The summed E-state index contributed by atoms with van der Waals surface area (Å²) >= 11 is 1.70. The molecule has 2 aromatic heterocycles. The first-order valence-corrected chi connectivity index (χ1v) is 11.7. The Bertz CT molecular complexity index is 1200. The third-order valence-corrected chi connectivity index (χ3v) is 7.27. The first kappa shape index (κ1) is 19.9. The molecule has 29 heavy (non-hydrogen) atoms. The quantitative estimate of drug-likeness (QED) is 0.422. The molecule has 1 unspecified atom stereocenters. The van der Waals surface area contributed by atoms with E-state index in [1.807, 2.05) is 25.1 Å². The van der Waals surface area contributed by atoms with Gasteiger partial charge in [0.15, 0.2) is 0 Å². The molecular formula is C21H22N4O2S2. The van der Waals surface area contributed by atoms with Gasteiger partial charge in [0.2, 0.25) is 10.0 Å². The Morgan fingerprint density at radius 1 is 1.10 bits per heavy atom. The van der Waals surface area contributed by atoms with Gasteiger partial charge in [-0.25, -0.2) is 18.1 Å². The van der Waals surface area contributed by atoms with Crippen molar-refractivity contribution in [2.75, 3.05) is 13.1 Å². The van der Waals surface area contributed by atoms with Crippen molar-refractivity contribution < 1.29 is 8.42 Å². The summed E-state index contributed by atoms with van der Waals surface area (Å²) in [4.78, 5) is 8.93. The Morgan fingerprint density at radius 2 is 1.97 bits per heavy atom. The highest BCUT2D eigenvalue weighted by molar-refractivity contribution is 7.89. The van der Waals surface area contributed by atoms with Crippen molar-refractivity contribution in [3.05, 3.63) is 65.9 Å². The van der Waals surface area contributed by atoms with Crippen LogP contribution in [0.4, 0.5) is 0 Å². The number of nitrogens with zero attached hydrogens (tertiary/aromatic N) is 2. The fraction of sp³-hybridized carbons (Fsp3) is 0.238. The normalized spacial score (nSPS) is 13.1. The lowest BCUT2D eigenvalue weighted by Crippen LogP contribution is -2.40. The molecule has 0 fully saturated rings. The third kappa shape index (κ3) is 4.79. The molecule has 6 nitrogen and oxygen atoms in total. The Labute approximate surface area is 174 Å². The average Bonchev–Trinajstić information content (AvgIpc) is 3.13. The summed E-state index contributed by atoms with van der Waals surface area (Å²) in [6.45, 7) is 3.14. The summed E-state index contributed by atoms with van der Waals surface area (Å²) in [6.07, 6.45) is 4.19. The molecule has 150 valence electrons. The van der Waals surface area contributed by atoms with Gasteiger partial charge >= 0.3 is 0 Å². The van der Waals surface area contributed by atoms with Crippen LogP contribution in [-0.2, 0) is 16.4 Å². The minimum Gasteiger partial charge on any atom is -0.315 e. The number of sulfonamides is 1. The number of nitrogens with one attached hydrogen (secondary N) is 2. The minimum absolute atomic E-state index is 0.233. The second kappa shape index (κ2) is 8.54. The van der Waals surface area contributed by atoms with E-state index in [2.05, 4.69) is 26.1 Å². The van der Waals surface area contributed by atoms with Gasteiger partial charge in [0.25, 0.3) is 0 Å². The fourth-order valence-electron chi connectivity index (χ4n) is 3.14. The van der Waals surface area contributed by atoms with E-state index < -0.39 is 10.0 Å². The number of hydrogen-bond acceptors (Lipinski definition) is 6. The van der Waals surface area contributed by atoms with Crippen LogP contribution < -0.4 is 10.0 Å². The van der Waals surface area contributed by atoms with E-state index in [0.717, 1.165) is 34.3 Å². The highest BCUT2D eigenvalue weighted by atomic mass is 32.2. The zero-order valence-electron chi connectivity index (χ0n) is 16.0. The summed E-state index contributed by atoms with van der Waals surface area (Å²) in [6, 6.07) is 14.7. The summed E-state index contributed by atoms with van der Waals surface area (Å²) in [7, 11) is -3.58. The Morgan fingerprint density at radius 3 is 2.83 bits per heavy atom. The van der Waals surface area contributed by atoms with Gasteiger partial charge in [-0.15, -0.1) is 11.3 Å². The van der Waals surface area contributed by atoms with Crippen LogP contribution in [0, 0.1) is 0 Å². The minimum atomic E-state index is -3.58. The first-order chi connectivity index (χ1) is 14.0. The molecule has 2 N–H and O–H groups in total. The number of hydrogen-bond donors (Lipinski definition) is 2. The highest BCUT2D eigenvalue weighted by Gasteiger charge is 2.17. The molecule has 0 saturated carbocycles. The van der Waals surface area contributed by atoms with Gasteiger partial charge in [0.1, 0.15) is 0 Å². The molecule has 0 amide bonds. The predicted octanol–water partition coefficient (Wildman–Crippen LogP) is 3.34. The van der Waals surface area contributed by atoms with Gasteiger partial charge in [-0.3, -0.25) is 4.98 Å². The number of para-hydroxylation sites is 1.